The smallest absolute Gasteiger partial charge is 0.494 e. The maximum atomic E-state index is 11.8. The number of halogens is 1. The summed E-state index contributed by atoms with van der Waals surface area (Å²) in [5, 5.41) is 9.10. The number of para-hydroxylation sites is 2. The first-order chi connectivity index (χ1) is 41.8. The fraction of sp³-hybridized carbons (Fsp3) is 0.273. The number of H-pyrrole nitrogens is 1. The van der Waals surface area contributed by atoms with Gasteiger partial charge in [0, 0.05) is 114 Å². The Morgan fingerprint density at radius 3 is 1.59 bits per heavy atom. The normalized spacial score (nSPS) is 13.6. The van der Waals surface area contributed by atoms with Crippen LogP contribution in [0.1, 0.15) is 25.7 Å². The fourth-order valence-electron chi connectivity index (χ4n) is 10.1. The molecular weight excluding hydrogens is 1140 g/mol. The summed E-state index contributed by atoms with van der Waals surface area (Å²) in [6.07, 6.45) is 2.60. The molecule has 0 atom stereocenters. The molecule has 4 aromatic heterocycles. The van der Waals surface area contributed by atoms with Gasteiger partial charge in [0.05, 0.1) is 24.2 Å². The number of anilines is 2. The number of hydrogen-bond donors (Lipinski definition) is 1. The SMILES string of the molecule is O=C(OCCl)Oc1ccccc1.O=C(OCOc1ccc2ccc(OCCCCN3CCN(c4cccc5sccc45)CC3)cc2n1)Oc1ccccc1.O=c1ccc2ccc(OCCCCN3CCN(c4cccc5sccc45)CC3)cc2[nH]1. The Balaban J connectivity index is 0.000000163. The molecule has 19 heteroatoms. The van der Waals surface area contributed by atoms with Crippen LogP contribution in [0.5, 0.6) is 28.9 Å². The predicted octanol–water partition coefficient (Wildman–Crippen LogP) is 14.1. The number of piperazine rings is 2. The van der Waals surface area contributed by atoms with Gasteiger partial charge < -0.3 is 47.9 Å². The number of carbonyl (C=O) groups excluding carboxylic acids is 2. The number of rotatable bonds is 20. The van der Waals surface area contributed by atoms with E-state index in [9.17, 15) is 14.4 Å². The summed E-state index contributed by atoms with van der Waals surface area (Å²) < 4.78 is 39.3. The number of alkyl halides is 1. The highest BCUT2D eigenvalue weighted by Gasteiger charge is 2.20. The van der Waals surface area contributed by atoms with Crippen LogP contribution in [0.2, 0.25) is 0 Å². The Morgan fingerprint density at radius 2 is 1.02 bits per heavy atom. The second-order valence-corrected chi connectivity index (χ2v) is 22.2. The van der Waals surface area contributed by atoms with Crippen molar-refractivity contribution in [2.24, 2.45) is 0 Å². The number of ether oxygens (including phenoxy) is 7. The minimum atomic E-state index is -0.841. The topological polar surface area (TPSA) is 157 Å². The molecule has 2 saturated heterocycles. The summed E-state index contributed by atoms with van der Waals surface area (Å²) >= 11 is 8.76. The number of pyridine rings is 2. The van der Waals surface area contributed by atoms with Crippen LogP contribution in [0.25, 0.3) is 42.0 Å². The van der Waals surface area contributed by atoms with Gasteiger partial charge in [-0.05, 0) is 152 Å². The Kier molecular flexibility index (Phi) is 21.8. The third kappa shape index (κ3) is 17.6. The summed E-state index contributed by atoms with van der Waals surface area (Å²) in [6, 6.07) is 53.6. The van der Waals surface area contributed by atoms with E-state index in [0.717, 1.165) is 124 Å². The number of fused-ring (bicyclic) bond motifs is 4. The third-order valence-electron chi connectivity index (χ3n) is 14.4. The molecule has 6 aromatic carbocycles. The van der Waals surface area contributed by atoms with Crippen molar-refractivity contribution in [1.29, 1.82) is 0 Å². The zero-order valence-electron chi connectivity index (χ0n) is 47.1. The fourth-order valence-corrected chi connectivity index (χ4v) is 11.8. The molecule has 0 amide bonds. The Labute approximate surface area is 506 Å². The number of carbonyl (C=O) groups is 2. The van der Waals surface area contributed by atoms with E-state index in [1.807, 2.05) is 83.3 Å². The van der Waals surface area contributed by atoms with Crippen LogP contribution in [-0.2, 0) is 9.47 Å². The van der Waals surface area contributed by atoms with Crippen molar-refractivity contribution in [3.05, 3.63) is 191 Å². The Morgan fingerprint density at radius 1 is 0.506 bits per heavy atom. The summed E-state index contributed by atoms with van der Waals surface area (Å²) in [5.74, 6) is 2.77. The molecule has 85 heavy (non-hydrogen) atoms. The van der Waals surface area contributed by atoms with Crippen LogP contribution in [0.3, 0.4) is 0 Å². The van der Waals surface area contributed by atoms with Gasteiger partial charge in [0.25, 0.3) is 0 Å². The van der Waals surface area contributed by atoms with Gasteiger partial charge in [-0.25, -0.2) is 14.6 Å². The van der Waals surface area contributed by atoms with E-state index in [1.165, 1.54) is 31.5 Å². The summed E-state index contributed by atoms with van der Waals surface area (Å²) in [4.78, 5) is 51.5. The molecule has 0 spiro atoms. The zero-order valence-corrected chi connectivity index (χ0v) is 49.5. The lowest BCUT2D eigenvalue weighted by atomic mass is 10.2. The van der Waals surface area contributed by atoms with Gasteiger partial charge in [-0.3, -0.25) is 14.6 Å². The van der Waals surface area contributed by atoms with Gasteiger partial charge in [0.15, 0.2) is 6.07 Å². The van der Waals surface area contributed by atoms with Gasteiger partial charge >= 0.3 is 12.3 Å². The molecule has 1 N–H and O–H groups in total. The van der Waals surface area contributed by atoms with Crippen molar-refractivity contribution in [3.8, 4) is 28.9 Å². The summed E-state index contributed by atoms with van der Waals surface area (Å²) in [7, 11) is 0. The van der Waals surface area contributed by atoms with E-state index in [2.05, 4.69) is 93.6 Å². The molecule has 0 radical (unpaired) electrons. The summed E-state index contributed by atoms with van der Waals surface area (Å²) in [5.41, 5.74) is 4.22. The second-order valence-electron chi connectivity index (χ2n) is 20.1. The lowest BCUT2D eigenvalue weighted by Gasteiger charge is -2.36. The molecule has 6 heterocycles. The molecule has 0 bridgehead atoms. The predicted molar refractivity (Wildman–Crippen MR) is 340 cm³/mol. The first-order valence-corrected chi connectivity index (χ1v) is 30.7. The van der Waals surface area contributed by atoms with Gasteiger partial charge in [-0.1, -0.05) is 60.1 Å². The van der Waals surface area contributed by atoms with Crippen molar-refractivity contribution in [1.82, 2.24) is 19.8 Å². The number of aromatic amines is 1. The first kappa shape index (κ1) is 59.8. The van der Waals surface area contributed by atoms with E-state index >= 15 is 0 Å². The number of benzene rings is 6. The van der Waals surface area contributed by atoms with Crippen LogP contribution in [-0.4, -0.2) is 124 Å². The monoisotopic (exact) mass is 1200 g/mol. The van der Waals surface area contributed by atoms with E-state index in [1.54, 1.807) is 60.7 Å². The highest BCUT2D eigenvalue weighted by molar-refractivity contribution is 7.17. The number of aromatic nitrogens is 2. The number of nitrogens with one attached hydrogen (secondary N) is 1. The highest BCUT2D eigenvalue weighted by Crippen LogP contribution is 2.33. The average Bonchev–Trinajstić information content (AvgIpc) is 4.18. The van der Waals surface area contributed by atoms with Gasteiger partial charge in [0.2, 0.25) is 18.2 Å². The molecule has 2 fully saturated rings. The van der Waals surface area contributed by atoms with Gasteiger partial charge in [-0.2, -0.15) is 0 Å². The molecule has 2 aliphatic heterocycles. The minimum absolute atomic E-state index is 0.0863. The van der Waals surface area contributed by atoms with E-state index in [0.29, 0.717) is 30.6 Å². The molecule has 0 unspecified atom stereocenters. The number of nitrogens with zero attached hydrogens (tertiary/aromatic N) is 5. The van der Waals surface area contributed by atoms with Crippen molar-refractivity contribution in [2.45, 2.75) is 25.7 Å². The molecule has 2 aliphatic rings. The van der Waals surface area contributed by atoms with Crippen LogP contribution in [0.15, 0.2) is 185 Å². The van der Waals surface area contributed by atoms with Crippen LogP contribution < -0.4 is 39.0 Å². The van der Waals surface area contributed by atoms with Crippen LogP contribution in [0.4, 0.5) is 21.0 Å². The molecule has 10 aromatic rings. The van der Waals surface area contributed by atoms with Crippen molar-refractivity contribution >= 4 is 99.9 Å². The zero-order chi connectivity index (χ0) is 58.4. The average molecular weight is 1200 g/mol. The maximum absolute atomic E-state index is 11.8. The standard InChI is InChI=1S/C33H33N3O5S.C25H27N3O2S.C8H7ClO3/c37-33(41-26-7-2-1-3-8-26)40-24-39-32-14-12-25-11-13-27(23-29(25)34-32)38-21-5-4-16-35-17-19-36(20-18-35)30-9-6-10-31-28(30)15-22-42-31;29-25-9-7-19-6-8-20(18-22(19)26-25)30-16-2-1-11-27-12-14-28(15-13-27)23-4-3-5-24-21(23)10-17-31-24;9-6-11-8(10)12-7-4-2-1-3-5-7/h1-3,6-15,22-23H,4-5,16-21,24H2;3-10,17-18H,1-2,11-16H2,(H,26,29);1-5H,6H2. The quantitative estimate of drug-likeness (QED) is 0.0252. The number of hydrogen-bond acceptors (Lipinski definition) is 17. The van der Waals surface area contributed by atoms with Gasteiger partial charge in [0.1, 0.15) is 23.0 Å². The van der Waals surface area contributed by atoms with E-state index < -0.39 is 12.3 Å². The van der Waals surface area contributed by atoms with Crippen molar-refractivity contribution < 1.29 is 42.7 Å². The van der Waals surface area contributed by atoms with Crippen LogP contribution in [0, 0.1) is 0 Å². The van der Waals surface area contributed by atoms with E-state index in [-0.39, 0.29) is 18.4 Å². The Bertz CT molecular complexity index is 3780. The highest BCUT2D eigenvalue weighted by atomic mass is 35.5. The molecule has 0 aliphatic carbocycles. The first-order valence-electron chi connectivity index (χ1n) is 28.4. The van der Waals surface area contributed by atoms with E-state index in [4.69, 9.17) is 40.0 Å². The molecular formula is C66H67ClN6O10S2. The minimum Gasteiger partial charge on any atom is -0.494 e. The molecule has 0 saturated carbocycles. The Hall–Kier alpha value is -8.39. The van der Waals surface area contributed by atoms with Crippen molar-refractivity contribution in [2.75, 3.05) is 101 Å². The summed E-state index contributed by atoms with van der Waals surface area (Å²) in [6.45, 7) is 11.9. The molecule has 16 nitrogen and oxygen atoms in total. The maximum Gasteiger partial charge on any atom is 0.516 e. The van der Waals surface area contributed by atoms with Gasteiger partial charge in [-0.15, -0.1) is 22.7 Å². The molecule has 440 valence electrons. The second kappa shape index (κ2) is 31.0. The molecule has 12 rings (SSSR count). The number of unbranched alkanes of at least 4 members (excludes halogenated alkanes) is 2. The van der Waals surface area contributed by atoms with Crippen LogP contribution >= 0.6 is 34.3 Å². The third-order valence-corrected chi connectivity index (χ3v) is 16.3. The largest absolute Gasteiger partial charge is 0.516 e. The lowest BCUT2D eigenvalue weighted by molar-refractivity contribution is 0.0292. The number of thiophene rings is 2. The lowest BCUT2D eigenvalue weighted by Crippen LogP contribution is -2.46. The van der Waals surface area contributed by atoms with Crippen molar-refractivity contribution in [3.63, 3.8) is 0 Å².